The van der Waals surface area contributed by atoms with Crippen LogP contribution in [0.25, 0.3) is 0 Å². The normalized spacial score (nSPS) is 39.1. The number of methoxy groups -OCH3 is 3. The molecule has 4 rings (SSSR count). The van der Waals surface area contributed by atoms with Gasteiger partial charge in [0.15, 0.2) is 18.1 Å². The summed E-state index contributed by atoms with van der Waals surface area (Å²) >= 11 is 0. The summed E-state index contributed by atoms with van der Waals surface area (Å²) in [6.45, 7) is 12.2. The molecule has 3 fully saturated rings. The Bertz CT molecular complexity index is 1760. The number of halogens is 2. The molecule has 0 radical (unpaired) electrons. The van der Waals surface area contributed by atoms with E-state index in [9.17, 15) is 29.1 Å². The number of Topliss-reactive ketones (excluding diaryl/α,β-unsaturated/α-hetero) is 3. The van der Waals surface area contributed by atoms with Gasteiger partial charge in [-0.15, -0.1) is 0 Å². The van der Waals surface area contributed by atoms with E-state index in [4.69, 9.17) is 23.7 Å². The number of aliphatic hydroxyl groups is 1. The lowest BCUT2D eigenvalue weighted by Crippen LogP contribution is -2.59. The Hall–Kier alpha value is -3.43. The number of hydrogen-bond donors (Lipinski definition) is 1. The molecule has 366 valence electrons. The first kappa shape index (κ1) is 54.2. The molecule has 0 aromatic carbocycles. The maximum Gasteiger partial charge on any atom is 0.329 e. The number of cyclic esters (lactones) is 1. The largest absolute Gasteiger partial charge is 0.460 e. The summed E-state index contributed by atoms with van der Waals surface area (Å²) in [5.74, 6) is -9.64. The zero-order valence-electron chi connectivity index (χ0n) is 40.5. The van der Waals surface area contributed by atoms with E-state index >= 15 is 8.78 Å². The Morgan fingerprint density at radius 2 is 1.60 bits per heavy atom. The van der Waals surface area contributed by atoms with E-state index in [-0.39, 0.29) is 73.2 Å². The van der Waals surface area contributed by atoms with Gasteiger partial charge < -0.3 is 33.7 Å². The van der Waals surface area contributed by atoms with Gasteiger partial charge in [-0.05, 0) is 107 Å². The molecular formula is C51H77F2NO11. The molecular weight excluding hydrogens is 841 g/mol. The monoisotopic (exact) mass is 918 g/mol. The minimum Gasteiger partial charge on any atom is -0.460 e. The van der Waals surface area contributed by atoms with Gasteiger partial charge in [0.1, 0.15) is 17.9 Å². The Kier molecular flexibility index (Phi) is 20.9. The number of carbonyl (C=O) groups is 5. The van der Waals surface area contributed by atoms with E-state index in [1.54, 1.807) is 21.0 Å². The number of ether oxygens (including phenoxy) is 5. The van der Waals surface area contributed by atoms with Gasteiger partial charge in [0.2, 0.25) is 0 Å². The molecule has 1 aliphatic carbocycles. The number of esters is 1. The second-order valence-corrected chi connectivity index (χ2v) is 19.5. The Balaban J connectivity index is 1.70. The first-order chi connectivity index (χ1) is 30.7. The molecule has 3 aliphatic heterocycles. The standard InChI is InChI=1S/C51H77F2NO11/c1-30-16-12-11-13-17-31(2)42(61-8)28-38-21-19-36(7)51(53,65-38)48(58)49(59)54-23-15-14-18-39(54)50(60)64-43(33(4)26-37-20-22-40(55)44(27-37)62-9)29-41(56)32(3)25-34(5)45(52)47(63-10)46(57)35(6)24-30/h11-13,16-17,25,30,32-33,35-40,42-45,47,55H,14-15,18-24,26-29H2,1-10H3/b13-11?,16-12+,31-17?,34-25+/t30-,32-,33-,35-,36-,37+,38+,39?,40+,42+,43+,44-,45?,47-,51?/m1/s1. The fourth-order valence-corrected chi connectivity index (χ4v) is 10.1. The average Bonchev–Trinajstić information content (AvgIpc) is 3.28. The van der Waals surface area contributed by atoms with Crippen LogP contribution in [0.1, 0.15) is 126 Å². The van der Waals surface area contributed by atoms with Gasteiger partial charge in [0, 0.05) is 58.5 Å². The van der Waals surface area contributed by atoms with Crippen LogP contribution < -0.4 is 0 Å². The zero-order chi connectivity index (χ0) is 48.2. The molecule has 3 heterocycles. The summed E-state index contributed by atoms with van der Waals surface area (Å²) in [4.78, 5) is 71.3. The minimum atomic E-state index is -2.94. The molecule has 2 bridgehead atoms. The van der Waals surface area contributed by atoms with Crippen molar-refractivity contribution < 1.29 is 61.5 Å². The number of ketones is 3. The van der Waals surface area contributed by atoms with Gasteiger partial charge in [-0.3, -0.25) is 19.2 Å². The molecule has 4 aliphatic rings. The fraction of sp³-hybridized carbons (Fsp3) is 0.745. The molecule has 0 spiro atoms. The van der Waals surface area contributed by atoms with Crippen molar-refractivity contribution in [2.45, 2.75) is 180 Å². The van der Waals surface area contributed by atoms with Crippen molar-refractivity contribution in [3.63, 3.8) is 0 Å². The smallest absolute Gasteiger partial charge is 0.329 e. The van der Waals surface area contributed by atoms with E-state index in [1.165, 1.54) is 34.1 Å². The minimum absolute atomic E-state index is 0.0206. The molecule has 1 N–H and O–H groups in total. The molecule has 1 saturated carbocycles. The quantitative estimate of drug-likeness (QED) is 0.156. The summed E-state index contributed by atoms with van der Waals surface area (Å²) in [5.41, 5.74) is 0.981. The lowest BCUT2D eigenvalue weighted by molar-refractivity contribution is -0.231. The number of piperidine rings is 1. The van der Waals surface area contributed by atoms with Crippen molar-refractivity contribution in [3.05, 3.63) is 47.6 Å². The van der Waals surface area contributed by atoms with Gasteiger partial charge in [0.05, 0.1) is 24.4 Å². The molecule has 1 amide bonds. The van der Waals surface area contributed by atoms with Gasteiger partial charge in [0.25, 0.3) is 17.5 Å². The molecule has 3 unspecified atom stereocenters. The highest BCUT2D eigenvalue weighted by atomic mass is 19.2. The number of allylic oxidation sites excluding steroid dienone is 6. The summed E-state index contributed by atoms with van der Waals surface area (Å²) < 4.78 is 62.1. The predicted molar refractivity (Wildman–Crippen MR) is 243 cm³/mol. The number of amides is 1. The maximum atomic E-state index is 17.0. The van der Waals surface area contributed by atoms with Gasteiger partial charge in [-0.25, -0.2) is 13.6 Å². The maximum absolute atomic E-state index is 17.0. The Morgan fingerprint density at radius 1 is 0.877 bits per heavy atom. The highest BCUT2D eigenvalue weighted by molar-refractivity contribution is 6.39. The first-order valence-electron chi connectivity index (χ1n) is 23.8. The first-order valence-corrected chi connectivity index (χ1v) is 23.8. The fourth-order valence-electron chi connectivity index (χ4n) is 10.1. The van der Waals surface area contributed by atoms with Crippen molar-refractivity contribution in [3.8, 4) is 0 Å². The predicted octanol–water partition coefficient (Wildman–Crippen LogP) is 8.14. The lowest BCUT2D eigenvalue weighted by Gasteiger charge is -2.41. The van der Waals surface area contributed by atoms with E-state index in [0.29, 0.717) is 51.4 Å². The topological polar surface area (TPSA) is 155 Å². The van der Waals surface area contributed by atoms with Crippen molar-refractivity contribution in [1.82, 2.24) is 4.90 Å². The number of fused-ring (bicyclic) bond motifs is 3. The second-order valence-electron chi connectivity index (χ2n) is 19.5. The van der Waals surface area contributed by atoms with Crippen LogP contribution in [0.4, 0.5) is 8.78 Å². The third-order valence-corrected chi connectivity index (χ3v) is 14.4. The average molecular weight is 918 g/mol. The van der Waals surface area contributed by atoms with Crippen LogP contribution in [0.15, 0.2) is 47.6 Å². The van der Waals surface area contributed by atoms with Crippen molar-refractivity contribution >= 4 is 29.2 Å². The molecule has 15 atom stereocenters. The summed E-state index contributed by atoms with van der Waals surface area (Å²) in [5, 5.41) is 10.5. The highest BCUT2D eigenvalue weighted by Gasteiger charge is 2.55. The van der Waals surface area contributed by atoms with Crippen molar-refractivity contribution in [2.24, 2.45) is 35.5 Å². The van der Waals surface area contributed by atoms with Crippen LogP contribution >= 0.6 is 0 Å². The summed E-state index contributed by atoms with van der Waals surface area (Å²) in [6, 6.07) is -1.21. The SMILES string of the molecule is CO[C@H]1C[C@@H]2CC[C@@H](C)C(F)(O2)C(=O)C(=O)N2CCCCC2C(=O)O[C@H]([C@H](C)C[C@@H]2CC[C@H](O)[C@H](OC)C2)CC(=O)[C@H](C)/C=C(\C)C(F)[C@@H](OC)C(=O)[C@H](C)C[C@H](C)/C=C/C=CC=C1C. The second kappa shape index (κ2) is 25.1. The van der Waals surface area contributed by atoms with Crippen LogP contribution in [0.5, 0.6) is 0 Å². The van der Waals surface area contributed by atoms with Crippen LogP contribution in [-0.4, -0.2) is 122 Å². The highest BCUT2D eigenvalue weighted by Crippen LogP contribution is 2.40. The van der Waals surface area contributed by atoms with E-state index < -0.39 is 84.0 Å². The lowest BCUT2D eigenvalue weighted by atomic mass is 9.78. The number of rotatable bonds is 6. The van der Waals surface area contributed by atoms with Crippen LogP contribution in [0, 0.1) is 35.5 Å². The molecule has 0 aromatic heterocycles. The van der Waals surface area contributed by atoms with Crippen molar-refractivity contribution in [2.75, 3.05) is 27.9 Å². The third kappa shape index (κ3) is 14.3. The number of nitrogens with zero attached hydrogens (tertiary/aromatic N) is 1. The van der Waals surface area contributed by atoms with Crippen LogP contribution in [-0.2, 0) is 47.7 Å². The molecule has 2 saturated heterocycles. The van der Waals surface area contributed by atoms with E-state index in [0.717, 1.165) is 10.5 Å². The van der Waals surface area contributed by atoms with E-state index in [1.807, 2.05) is 51.2 Å². The number of hydrogen-bond acceptors (Lipinski definition) is 11. The van der Waals surface area contributed by atoms with Gasteiger partial charge >= 0.3 is 5.97 Å². The van der Waals surface area contributed by atoms with Crippen molar-refractivity contribution in [1.29, 1.82) is 0 Å². The van der Waals surface area contributed by atoms with Gasteiger partial charge in [-0.1, -0.05) is 71.1 Å². The molecule has 65 heavy (non-hydrogen) atoms. The Labute approximate surface area is 385 Å². The zero-order valence-corrected chi connectivity index (χ0v) is 40.5. The van der Waals surface area contributed by atoms with Crippen LogP contribution in [0.3, 0.4) is 0 Å². The van der Waals surface area contributed by atoms with Gasteiger partial charge in [-0.2, -0.15) is 0 Å². The summed E-state index contributed by atoms with van der Waals surface area (Å²) in [6.07, 6.45) is 9.11. The number of aliphatic hydroxyl groups excluding tert-OH is 1. The number of alkyl halides is 2. The molecule has 14 heteroatoms. The number of carbonyl (C=O) groups excluding carboxylic acids is 5. The summed E-state index contributed by atoms with van der Waals surface area (Å²) in [7, 11) is 4.38. The molecule has 0 aromatic rings. The van der Waals surface area contributed by atoms with Crippen LogP contribution in [0.2, 0.25) is 0 Å². The Morgan fingerprint density at radius 3 is 2.28 bits per heavy atom. The third-order valence-electron chi connectivity index (χ3n) is 14.4. The molecule has 12 nitrogen and oxygen atoms in total. The van der Waals surface area contributed by atoms with E-state index in [2.05, 4.69) is 0 Å².